The van der Waals surface area contributed by atoms with Gasteiger partial charge in [0.05, 0.1) is 6.26 Å². The number of furan rings is 1. The van der Waals surface area contributed by atoms with Gasteiger partial charge in [-0.1, -0.05) is 66.7 Å². The Hall–Kier alpha value is -3.49. The van der Waals surface area contributed by atoms with E-state index in [2.05, 4.69) is 91.0 Å². The highest BCUT2D eigenvalue weighted by Gasteiger charge is 2.47. The molecule has 0 aliphatic carbocycles. The molecule has 0 unspecified atom stereocenters. The SMILES string of the molecule is c1coc(-c2ccc3c(c2)S2(c4ccccc4-c4ccccc42)c2ccccc2-3)c1. The topological polar surface area (TPSA) is 13.1 Å². The maximum Gasteiger partial charge on any atom is 0.133 e. The summed E-state index contributed by atoms with van der Waals surface area (Å²) in [7, 11) is -1.52. The smallest absolute Gasteiger partial charge is 0.133 e. The van der Waals surface area contributed by atoms with Gasteiger partial charge in [0.1, 0.15) is 5.76 Å². The van der Waals surface area contributed by atoms with Crippen LogP contribution in [0.15, 0.2) is 133 Å². The van der Waals surface area contributed by atoms with Crippen LogP contribution in [-0.4, -0.2) is 0 Å². The molecule has 0 atom stereocenters. The molecule has 0 fully saturated rings. The summed E-state index contributed by atoms with van der Waals surface area (Å²) in [5, 5.41) is 0. The van der Waals surface area contributed by atoms with E-state index in [0.29, 0.717) is 0 Å². The van der Waals surface area contributed by atoms with Crippen LogP contribution >= 0.6 is 10.0 Å². The first-order chi connectivity index (χ1) is 14.9. The lowest BCUT2D eigenvalue weighted by atomic mass is 10.0. The molecule has 3 heterocycles. The molecule has 7 rings (SSSR count). The van der Waals surface area contributed by atoms with Crippen LogP contribution in [0.5, 0.6) is 0 Å². The van der Waals surface area contributed by atoms with Gasteiger partial charge in [0.25, 0.3) is 0 Å². The number of fused-ring (bicyclic) bond motifs is 10. The van der Waals surface area contributed by atoms with Gasteiger partial charge in [0.15, 0.2) is 0 Å². The predicted octanol–water partition coefficient (Wildman–Crippen LogP) is 8.25. The van der Waals surface area contributed by atoms with Gasteiger partial charge in [0, 0.05) is 25.1 Å². The lowest BCUT2D eigenvalue weighted by molar-refractivity contribution is 0.582. The number of hydrogen-bond donors (Lipinski definition) is 0. The second-order valence-corrected chi connectivity index (χ2v) is 10.8. The van der Waals surface area contributed by atoms with Crippen molar-refractivity contribution in [3.8, 4) is 33.6 Å². The third-order valence-corrected chi connectivity index (χ3v) is 10.4. The maximum atomic E-state index is 5.76. The zero-order chi connectivity index (χ0) is 19.7. The maximum absolute atomic E-state index is 5.76. The molecule has 142 valence electrons. The predicted molar refractivity (Wildman–Crippen MR) is 122 cm³/mol. The monoisotopic (exact) mass is 402 g/mol. The van der Waals surface area contributed by atoms with Crippen LogP contribution in [0.3, 0.4) is 0 Å². The van der Waals surface area contributed by atoms with E-state index in [0.717, 1.165) is 11.3 Å². The van der Waals surface area contributed by atoms with E-state index in [1.807, 2.05) is 12.1 Å². The average Bonchev–Trinajstić information content (AvgIpc) is 3.51. The van der Waals surface area contributed by atoms with Crippen molar-refractivity contribution in [2.45, 2.75) is 19.6 Å². The molecule has 0 saturated carbocycles. The van der Waals surface area contributed by atoms with Gasteiger partial charge in [-0.15, -0.1) is 10.0 Å². The van der Waals surface area contributed by atoms with Crippen LogP contribution in [-0.2, 0) is 0 Å². The summed E-state index contributed by atoms with van der Waals surface area (Å²) < 4.78 is 5.76. The molecule has 5 aromatic rings. The van der Waals surface area contributed by atoms with Crippen LogP contribution in [0.1, 0.15) is 0 Å². The minimum atomic E-state index is -1.52. The second kappa shape index (κ2) is 5.78. The fraction of sp³-hybridized carbons (Fsp3) is 0. The Morgan fingerprint density at radius 2 is 1.00 bits per heavy atom. The van der Waals surface area contributed by atoms with Crippen LogP contribution < -0.4 is 0 Å². The molecule has 2 heteroatoms. The summed E-state index contributed by atoms with van der Waals surface area (Å²) in [5.41, 5.74) is 6.59. The Balaban J connectivity index is 1.67. The van der Waals surface area contributed by atoms with Crippen molar-refractivity contribution >= 4 is 10.0 Å². The molecular formula is C28H18OS. The summed E-state index contributed by atoms with van der Waals surface area (Å²) in [6, 6.07) is 37.8. The van der Waals surface area contributed by atoms with Crippen LogP contribution in [0, 0.1) is 0 Å². The third kappa shape index (κ3) is 1.85. The molecule has 1 spiro atoms. The molecule has 0 bridgehead atoms. The first-order valence-electron chi connectivity index (χ1n) is 10.2. The van der Waals surface area contributed by atoms with Crippen molar-refractivity contribution in [1.29, 1.82) is 0 Å². The van der Waals surface area contributed by atoms with E-state index in [1.54, 1.807) is 6.26 Å². The van der Waals surface area contributed by atoms with E-state index in [1.165, 1.54) is 41.8 Å². The highest BCUT2D eigenvalue weighted by atomic mass is 32.3. The molecule has 1 aromatic heterocycles. The number of benzene rings is 4. The van der Waals surface area contributed by atoms with E-state index < -0.39 is 10.0 Å². The Bertz CT molecular complexity index is 1380. The van der Waals surface area contributed by atoms with E-state index >= 15 is 0 Å². The summed E-state index contributed by atoms with van der Waals surface area (Å²) >= 11 is 0. The summed E-state index contributed by atoms with van der Waals surface area (Å²) in [5.74, 6) is 0.919. The van der Waals surface area contributed by atoms with E-state index in [9.17, 15) is 0 Å². The van der Waals surface area contributed by atoms with Crippen molar-refractivity contribution in [3.05, 3.63) is 109 Å². The minimum absolute atomic E-state index is 0.919. The zero-order valence-corrected chi connectivity index (χ0v) is 17.0. The van der Waals surface area contributed by atoms with Gasteiger partial charge >= 0.3 is 0 Å². The molecule has 0 radical (unpaired) electrons. The third-order valence-electron chi connectivity index (χ3n) is 6.35. The molecule has 0 N–H and O–H groups in total. The quantitative estimate of drug-likeness (QED) is 0.269. The van der Waals surface area contributed by atoms with Gasteiger partial charge in [-0.25, -0.2) is 0 Å². The highest BCUT2D eigenvalue weighted by molar-refractivity contribution is 8.34. The molecular weight excluding hydrogens is 384 g/mol. The fourth-order valence-corrected chi connectivity index (χ4v) is 9.78. The van der Waals surface area contributed by atoms with Gasteiger partial charge in [-0.2, -0.15) is 0 Å². The Morgan fingerprint density at radius 1 is 0.467 bits per heavy atom. The van der Waals surface area contributed by atoms with Gasteiger partial charge in [0.2, 0.25) is 0 Å². The molecule has 2 aliphatic heterocycles. The van der Waals surface area contributed by atoms with Crippen molar-refractivity contribution in [1.82, 2.24) is 0 Å². The van der Waals surface area contributed by atoms with Crippen LogP contribution in [0.2, 0.25) is 0 Å². The lowest BCUT2D eigenvalue weighted by Gasteiger charge is -2.36. The molecule has 0 amide bonds. The average molecular weight is 403 g/mol. The van der Waals surface area contributed by atoms with Crippen molar-refractivity contribution in [2.24, 2.45) is 0 Å². The van der Waals surface area contributed by atoms with Crippen molar-refractivity contribution in [2.75, 3.05) is 0 Å². The van der Waals surface area contributed by atoms with E-state index in [-0.39, 0.29) is 0 Å². The van der Waals surface area contributed by atoms with Gasteiger partial charge in [-0.3, -0.25) is 0 Å². The highest BCUT2D eigenvalue weighted by Crippen LogP contribution is 2.84. The van der Waals surface area contributed by atoms with Gasteiger partial charge in [-0.05, 0) is 58.7 Å². The number of hydrogen-bond acceptors (Lipinski definition) is 1. The summed E-state index contributed by atoms with van der Waals surface area (Å²) in [6.07, 6.45) is 1.75. The van der Waals surface area contributed by atoms with Crippen LogP contribution in [0.25, 0.3) is 33.6 Å². The Morgan fingerprint density at radius 3 is 1.53 bits per heavy atom. The zero-order valence-electron chi connectivity index (χ0n) is 16.2. The van der Waals surface area contributed by atoms with Crippen molar-refractivity contribution < 1.29 is 4.42 Å². The molecule has 0 saturated heterocycles. The fourth-order valence-electron chi connectivity index (χ4n) is 5.17. The standard InChI is InChI=1S/C28H18OS/c1-4-12-25-20(8-1)21-9-2-5-13-26(21)30(25)27-14-6-3-10-22(27)23-16-15-19(18-28(23)30)24-11-7-17-29-24/h1-18H. The molecule has 2 aliphatic rings. The Kier molecular flexibility index (Phi) is 3.14. The summed E-state index contributed by atoms with van der Waals surface area (Å²) in [6.45, 7) is 0. The van der Waals surface area contributed by atoms with Gasteiger partial charge < -0.3 is 4.42 Å². The van der Waals surface area contributed by atoms with E-state index in [4.69, 9.17) is 4.42 Å². The first kappa shape index (κ1) is 16.3. The Labute approximate surface area is 177 Å². The lowest BCUT2D eigenvalue weighted by Crippen LogP contribution is -1.98. The number of rotatable bonds is 1. The molecule has 4 aromatic carbocycles. The minimum Gasteiger partial charge on any atom is -0.464 e. The molecule has 30 heavy (non-hydrogen) atoms. The first-order valence-corrected chi connectivity index (χ1v) is 11.8. The molecule has 1 nitrogen and oxygen atoms in total. The normalized spacial score (nSPS) is 15.3. The van der Waals surface area contributed by atoms with Crippen LogP contribution in [0.4, 0.5) is 0 Å². The largest absolute Gasteiger partial charge is 0.464 e. The second-order valence-electron chi connectivity index (χ2n) is 7.79. The summed E-state index contributed by atoms with van der Waals surface area (Å²) in [4.78, 5) is 5.78. The van der Waals surface area contributed by atoms with Crippen molar-refractivity contribution in [3.63, 3.8) is 0 Å².